The van der Waals surface area contributed by atoms with Crippen LogP contribution in [0.1, 0.15) is 46.0 Å². The van der Waals surface area contributed by atoms with Crippen LogP contribution < -0.4 is 0 Å². The Hall–Kier alpha value is -8.46. The molecule has 0 amide bonds. The molecule has 13 aromatic rings. The van der Waals surface area contributed by atoms with E-state index < -0.39 is 0 Å². The normalized spacial score (nSPS) is 11.8. The Labute approximate surface area is 428 Å². The third kappa shape index (κ3) is 7.90. The summed E-state index contributed by atoms with van der Waals surface area (Å²) in [7, 11) is 0. The maximum atomic E-state index is 2.52. The summed E-state index contributed by atoms with van der Waals surface area (Å²) in [6.07, 6.45) is 6.04. The lowest BCUT2D eigenvalue weighted by molar-refractivity contribution is 0.627. The first-order valence-corrected chi connectivity index (χ1v) is 26.5. The summed E-state index contributed by atoms with van der Waals surface area (Å²) < 4.78 is 5.02. The van der Waals surface area contributed by atoms with Crippen molar-refractivity contribution in [3.8, 4) is 66.8 Å². The molecule has 0 aliphatic heterocycles. The van der Waals surface area contributed by atoms with E-state index in [-0.39, 0.29) is 0 Å². The van der Waals surface area contributed by atoms with Crippen LogP contribution in [-0.2, 0) is 13.1 Å². The van der Waals surface area contributed by atoms with E-state index in [1.54, 1.807) is 0 Å². The van der Waals surface area contributed by atoms with Gasteiger partial charge in [-0.2, -0.15) is 0 Å². The van der Waals surface area contributed by atoms with Crippen LogP contribution in [0.25, 0.3) is 132 Å². The molecule has 0 spiro atoms. The van der Waals surface area contributed by atoms with Crippen molar-refractivity contribution in [1.29, 1.82) is 0 Å². The highest BCUT2D eigenvalue weighted by Crippen LogP contribution is 2.45. The summed E-state index contributed by atoms with van der Waals surface area (Å²) in [5.74, 6) is 0. The van der Waals surface area contributed by atoms with Gasteiger partial charge in [-0.1, -0.05) is 227 Å². The lowest BCUT2D eigenvalue weighted by Crippen LogP contribution is -1.97. The van der Waals surface area contributed by atoms with Gasteiger partial charge < -0.3 is 9.13 Å². The molecule has 2 nitrogen and oxygen atoms in total. The Balaban J connectivity index is 0.778. The van der Waals surface area contributed by atoms with Crippen LogP contribution in [0.2, 0.25) is 0 Å². The van der Waals surface area contributed by atoms with Crippen molar-refractivity contribution >= 4 is 65.2 Å². The summed E-state index contributed by atoms with van der Waals surface area (Å²) in [5, 5.41) is 10.4. The molecule has 0 N–H and O–H groups in total. The lowest BCUT2D eigenvalue weighted by Gasteiger charge is -2.18. The number of aryl methyl sites for hydroxylation is 2. The fourth-order valence-electron chi connectivity index (χ4n) is 11.9. The van der Waals surface area contributed by atoms with Crippen molar-refractivity contribution in [2.45, 2.75) is 59.0 Å². The fourth-order valence-corrected chi connectivity index (χ4v) is 11.9. The zero-order chi connectivity index (χ0) is 48.8. The van der Waals surface area contributed by atoms with Gasteiger partial charge >= 0.3 is 0 Å². The number of aromatic nitrogens is 2. The Morgan fingerprint density at radius 1 is 0.233 bits per heavy atom. The molecule has 0 saturated heterocycles. The van der Waals surface area contributed by atoms with Gasteiger partial charge in [-0.05, 0) is 138 Å². The molecule has 0 aliphatic carbocycles. The number of nitrogens with zero attached hydrogens (tertiary/aromatic N) is 2. The van der Waals surface area contributed by atoms with Gasteiger partial charge in [-0.25, -0.2) is 0 Å². The van der Waals surface area contributed by atoms with E-state index in [4.69, 9.17) is 0 Å². The molecule has 0 saturated carbocycles. The average molecular weight is 939 g/mol. The van der Waals surface area contributed by atoms with Crippen molar-refractivity contribution in [3.05, 3.63) is 231 Å². The highest BCUT2D eigenvalue weighted by atomic mass is 15.0. The Morgan fingerprint density at radius 2 is 0.507 bits per heavy atom. The van der Waals surface area contributed by atoms with Gasteiger partial charge in [0, 0.05) is 56.7 Å². The van der Waals surface area contributed by atoms with E-state index in [9.17, 15) is 0 Å². The van der Waals surface area contributed by atoms with E-state index in [0.29, 0.717) is 0 Å². The van der Waals surface area contributed by atoms with Crippen molar-refractivity contribution in [1.82, 2.24) is 9.13 Å². The third-order valence-electron chi connectivity index (χ3n) is 15.6. The second-order valence-corrected chi connectivity index (χ2v) is 20.0. The van der Waals surface area contributed by atoms with Crippen molar-refractivity contribution in [2.24, 2.45) is 0 Å². The second kappa shape index (κ2) is 18.9. The quantitative estimate of drug-likeness (QED) is 0.0805. The SMILES string of the molecule is CCCCCn1c2ccccc2c2cc(-c3ccc(-c4ccc(-c5c6ccccc6c(-c6ccc(-c7ccc(-c8ccc9c(c8)c8ccccc8n9CCCC)cc7)cc6)c6ccccc56)cc4)cc3)ccc21. The minimum absolute atomic E-state index is 1.05. The van der Waals surface area contributed by atoms with Gasteiger partial charge in [0.1, 0.15) is 0 Å². The summed E-state index contributed by atoms with van der Waals surface area (Å²) in [6, 6.07) is 86.3. The van der Waals surface area contributed by atoms with Gasteiger partial charge in [0.15, 0.2) is 0 Å². The van der Waals surface area contributed by atoms with Crippen LogP contribution in [0, 0.1) is 0 Å². The zero-order valence-corrected chi connectivity index (χ0v) is 41.8. The molecule has 0 unspecified atom stereocenters. The minimum atomic E-state index is 1.05. The first-order chi connectivity index (χ1) is 36.1. The number of fused-ring (bicyclic) bond motifs is 8. The van der Waals surface area contributed by atoms with Gasteiger partial charge in [0.25, 0.3) is 0 Å². The fraction of sp³-hybridized carbons (Fsp3) is 0.127. The van der Waals surface area contributed by atoms with Crippen molar-refractivity contribution < 1.29 is 0 Å². The monoisotopic (exact) mass is 938 g/mol. The molecule has 11 aromatic carbocycles. The average Bonchev–Trinajstić information content (AvgIpc) is 3.95. The molecule has 0 aliphatic rings. The number of hydrogen-bond donors (Lipinski definition) is 0. The van der Waals surface area contributed by atoms with Crippen LogP contribution in [-0.4, -0.2) is 9.13 Å². The van der Waals surface area contributed by atoms with Gasteiger partial charge in [-0.3, -0.25) is 0 Å². The van der Waals surface area contributed by atoms with E-state index >= 15 is 0 Å². The molecule has 352 valence electrons. The first kappa shape index (κ1) is 44.5. The molecular formula is C71H58N2. The topological polar surface area (TPSA) is 9.86 Å². The third-order valence-corrected chi connectivity index (χ3v) is 15.6. The molecule has 0 bridgehead atoms. The van der Waals surface area contributed by atoms with E-state index in [1.807, 2.05) is 0 Å². The molecule has 2 aromatic heterocycles. The summed E-state index contributed by atoms with van der Waals surface area (Å²) in [4.78, 5) is 0. The molecule has 0 atom stereocenters. The molecule has 2 heterocycles. The van der Waals surface area contributed by atoms with Crippen LogP contribution in [0.4, 0.5) is 0 Å². The van der Waals surface area contributed by atoms with E-state index in [1.165, 1.54) is 164 Å². The highest BCUT2D eigenvalue weighted by Gasteiger charge is 2.18. The molecule has 13 rings (SSSR count). The van der Waals surface area contributed by atoms with E-state index in [2.05, 4.69) is 254 Å². The predicted molar refractivity (Wildman–Crippen MR) is 315 cm³/mol. The van der Waals surface area contributed by atoms with Crippen LogP contribution in [0.5, 0.6) is 0 Å². The number of unbranched alkanes of at least 4 members (excludes halogenated alkanes) is 3. The van der Waals surface area contributed by atoms with Crippen molar-refractivity contribution in [3.63, 3.8) is 0 Å². The highest BCUT2D eigenvalue weighted by molar-refractivity contribution is 6.21. The number of benzene rings is 11. The second-order valence-electron chi connectivity index (χ2n) is 20.0. The van der Waals surface area contributed by atoms with Gasteiger partial charge in [0.2, 0.25) is 0 Å². The summed E-state index contributed by atoms with van der Waals surface area (Å²) in [5.41, 5.74) is 20.1. The Morgan fingerprint density at radius 3 is 0.863 bits per heavy atom. The van der Waals surface area contributed by atoms with Crippen LogP contribution >= 0.6 is 0 Å². The molecule has 0 radical (unpaired) electrons. The predicted octanol–water partition coefficient (Wildman–Crippen LogP) is 20.2. The molecule has 0 fully saturated rings. The maximum Gasteiger partial charge on any atom is 0.0491 e. The van der Waals surface area contributed by atoms with E-state index in [0.717, 1.165) is 13.1 Å². The molecule has 73 heavy (non-hydrogen) atoms. The van der Waals surface area contributed by atoms with Gasteiger partial charge in [0.05, 0.1) is 0 Å². The maximum absolute atomic E-state index is 2.52. The molecular weight excluding hydrogens is 881 g/mol. The Kier molecular flexibility index (Phi) is 11.5. The zero-order valence-electron chi connectivity index (χ0n) is 41.8. The number of hydrogen-bond acceptors (Lipinski definition) is 0. The lowest BCUT2D eigenvalue weighted by atomic mass is 9.85. The minimum Gasteiger partial charge on any atom is -0.340 e. The van der Waals surface area contributed by atoms with Crippen molar-refractivity contribution in [2.75, 3.05) is 0 Å². The van der Waals surface area contributed by atoms with Crippen LogP contribution in [0.15, 0.2) is 231 Å². The Bertz CT molecular complexity index is 4090. The number of para-hydroxylation sites is 2. The summed E-state index contributed by atoms with van der Waals surface area (Å²) in [6.45, 7) is 6.64. The smallest absolute Gasteiger partial charge is 0.0491 e. The van der Waals surface area contributed by atoms with Crippen LogP contribution in [0.3, 0.4) is 0 Å². The number of rotatable bonds is 13. The largest absolute Gasteiger partial charge is 0.340 e. The summed E-state index contributed by atoms with van der Waals surface area (Å²) >= 11 is 0. The standard InChI is InChI=1S/C71H58N2/c1-3-5-15-45-73-67-23-14-12-17-59(67)65-47-57(41-43-69(65)73)53-30-26-49(27-31-53)51-34-38-55(39-35-51)71-62-20-9-7-18-60(62)70(61-19-8-10-21-63(61)71)54-36-32-50(33-37-54)48-24-28-52(29-25-48)56-40-42-68-64(46-56)58-16-11-13-22-66(58)72(68)44-6-4-2/h7-14,16-43,46-47H,3-6,15,44-45H2,1-2H3. The first-order valence-electron chi connectivity index (χ1n) is 26.5. The molecule has 2 heteroatoms. The van der Waals surface area contributed by atoms with Gasteiger partial charge in [-0.15, -0.1) is 0 Å².